The number of amides is 2. The Labute approximate surface area is 233 Å². The van der Waals surface area contributed by atoms with Gasteiger partial charge in [-0.05, 0) is 38.5 Å². The summed E-state index contributed by atoms with van der Waals surface area (Å²) in [5.41, 5.74) is 0.505. The maximum Gasteiger partial charge on any atom is 0.348 e. The molecule has 0 aliphatic carbocycles. The lowest BCUT2D eigenvalue weighted by molar-refractivity contribution is -0.123. The van der Waals surface area contributed by atoms with Crippen molar-refractivity contribution >= 4 is 51.9 Å². The molecule has 39 heavy (non-hydrogen) atoms. The van der Waals surface area contributed by atoms with Crippen molar-refractivity contribution in [1.29, 1.82) is 0 Å². The van der Waals surface area contributed by atoms with Gasteiger partial charge in [0, 0.05) is 7.05 Å². The highest BCUT2D eigenvalue weighted by atomic mass is 32.2. The van der Waals surface area contributed by atoms with Crippen molar-refractivity contribution in [2.24, 2.45) is 7.05 Å². The van der Waals surface area contributed by atoms with E-state index in [0.29, 0.717) is 22.3 Å². The van der Waals surface area contributed by atoms with Crippen LogP contribution >= 0.6 is 23.1 Å². The van der Waals surface area contributed by atoms with E-state index in [9.17, 15) is 19.2 Å². The minimum atomic E-state index is -0.640. The Balaban J connectivity index is 1.57. The molecule has 0 atom stereocenters. The van der Waals surface area contributed by atoms with Gasteiger partial charge in [-0.25, -0.2) is 9.59 Å². The number of nitrogens with one attached hydrogen (secondary N) is 2. The van der Waals surface area contributed by atoms with E-state index in [1.165, 1.54) is 0 Å². The molecule has 2 N–H and O–H groups in total. The zero-order chi connectivity index (χ0) is 28.4. The normalized spacial score (nSPS) is 10.6. The quantitative estimate of drug-likeness (QED) is 0.230. The van der Waals surface area contributed by atoms with Gasteiger partial charge in [-0.3, -0.25) is 9.59 Å². The summed E-state index contributed by atoms with van der Waals surface area (Å²) in [6.07, 6.45) is 0. The van der Waals surface area contributed by atoms with Crippen LogP contribution in [0, 0.1) is 6.92 Å². The minimum absolute atomic E-state index is 0.0444. The van der Waals surface area contributed by atoms with Gasteiger partial charge >= 0.3 is 11.9 Å². The largest absolute Gasteiger partial charge is 0.484 e. The van der Waals surface area contributed by atoms with Crippen molar-refractivity contribution in [2.75, 3.05) is 30.9 Å². The number of nitrogens with zero attached hydrogens (tertiary/aromatic N) is 3. The molecule has 0 unspecified atom stereocenters. The summed E-state index contributed by atoms with van der Waals surface area (Å²) in [5.74, 6) is -0.919. The molecule has 0 aliphatic rings. The van der Waals surface area contributed by atoms with Crippen LogP contribution in [-0.4, -0.2) is 64.1 Å². The molecule has 12 nitrogen and oxygen atoms in total. The number of ether oxygens (including phenoxy) is 3. The van der Waals surface area contributed by atoms with E-state index in [-0.39, 0.29) is 53.5 Å². The van der Waals surface area contributed by atoms with E-state index < -0.39 is 17.8 Å². The molecule has 0 saturated carbocycles. The van der Waals surface area contributed by atoms with Crippen LogP contribution in [0.15, 0.2) is 35.5 Å². The SMILES string of the molecule is CCOC(=O)c1sc(NC(=O)CSc2nnc(CNC(=O)COc3ccccc3)n2C)c(C(=O)OCC)c1C. The van der Waals surface area contributed by atoms with Gasteiger partial charge in [0.2, 0.25) is 5.91 Å². The second kappa shape index (κ2) is 14.3. The summed E-state index contributed by atoms with van der Waals surface area (Å²) in [4.78, 5) is 49.9. The van der Waals surface area contributed by atoms with Gasteiger partial charge in [-0.1, -0.05) is 30.0 Å². The van der Waals surface area contributed by atoms with Crippen molar-refractivity contribution in [3.05, 3.63) is 52.2 Å². The molecule has 1 aromatic carbocycles. The van der Waals surface area contributed by atoms with Crippen molar-refractivity contribution in [2.45, 2.75) is 32.5 Å². The predicted octanol–water partition coefficient (Wildman–Crippen LogP) is 2.96. The third kappa shape index (κ3) is 8.04. The second-order valence-electron chi connectivity index (χ2n) is 7.87. The Kier molecular flexibility index (Phi) is 10.9. The van der Waals surface area contributed by atoms with Crippen LogP contribution in [0.2, 0.25) is 0 Å². The number of aromatic nitrogens is 3. The van der Waals surface area contributed by atoms with Crippen LogP contribution in [0.3, 0.4) is 0 Å². The maximum absolute atomic E-state index is 12.7. The topological polar surface area (TPSA) is 151 Å². The standard InChI is InChI=1S/C25H29N5O7S2/c1-5-35-23(33)20-15(3)21(24(34)36-6-2)39-22(20)27-19(32)14-38-25-29-28-17(30(25)4)12-26-18(31)13-37-16-10-8-7-9-11-16/h7-11H,5-6,12-14H2,1-4H3,(H,26,31)(H,27,32). The third-order valence-electron chi connectivity index (χ3n) is 5.15. The van der Waals surface area contributed by atoms with Crippen LogP contribution < -0.4 is 15.4 Å². The number of hydrogen-bond acceptors (Lipinski definition) is 11. The van der Waals surface area contributed by atoms with Crippen molar-refractivity contribution in [3.8, 4) is 5.75 Å². The summed E-state index contributed by atoms with van der Waals surface area (Å²) >= 11 is 2.08. The lowest BCUT2D eigenvalue weighted by atomic mass is 10.1. The van der Waals surface area contributed by atoms with Crippen molar-refractivity contribution in [3.63, 3.8) is 0 Å². The average Bonchev–Trinajstić information content (AvgIpc) is 3.44. The summed E-state index contributed by atoms with van der Waals surface area (Å²) in [6, 6.07) is 8.99. The van der Waals surface area contributed by atoms with Gasteiger partial charge < -0.3 is 29.4 Å². The first kappa shape index (κ1) is 29.6. The highest BCUT2D eigenvalue weighted by molar-refractivity contribution is 7.99. The zero-order valence-electron chi connectivity index (χ0n) is 21.9. The van der Waals surface area contributed by atoms with E-state index in [4.69, 9.17) is 14.2 Å². The third-order valence-corrected chi connectivity index (χ3v) is 7.36. The highest BCUT2D eigenvalue weighted by Gasteiger charge is 2.27. The molecule has 0 aliphatic heterocycles. The van der Waals surface area contributed by atoms with E-state index in [1.807, 2.05) is 18.2 Å². The zero-order valence-corrected chi connectivity index (χ0v) is 23.6. The molecule has 0 fully saturated rings. The number of anilines is 1. The molecule has 2 aromatic heterocycles. The molecule has 0 radical (unpaired) electrons. The number of esters is 2. The van der Waals surface area contributed by atoms with Gasteiger partial charge in [0.15, 0.2) is 17.6 Å². The summed E-state index contributed by atoms with van der Waals surface area (Å²) in [5, 5.41) is 14.2. The Bertz CT molecular complexity index is 1320. The van der Waals surface area contributed by atoms with E-state index in [2.05, 4.69) is 20.8 Å². The number of carbonyl (C=O) groups excluding carboxylic acids is 4. The van der Waals surface area contributed by atoms with Crippen LogP contribution in [0.4, 0.5) is 5.00 Å². The fraction of sp³-hybridized carbons (Fsp3) is 0.360. The fourth-order valence-corrected chi connectivity index (χ4v) is 5.09. The smallest absolute Gasteiger partial charge is 0.348 e. The van der Waals surface area contributed by atoms with Crippen molar-refractivity contribution in [1.82, 2.24) is 20.1 Å². The lowest BCUT2D eigenvalue weighted by Crippen LogP contribution is -2.29. The minimum Gasteiger partial charge on any atom is -0.484 e. The molecule has 14 heteroatoms. The highest BCUT2D eigenvalue weighted by Crippen LogP contribution is 2.34. The first-order valence-corrected chi connectivity index (χ1v) is 13.8. The van der Waals surface area contributed by atoms with Crippen LogP contribution in [0.5, 0.6) is 5.75 Å². The molecule has 0 saturated heterocycles. The average molecular weight is 576 g/mol. The van der Waals surface area contributed by atoms with Gasteiger partial charge in [0.05, 0.1) is 31.1 Å². The van der Waals surface area contributed by atoms with Crippen LogP contribution in [0.1, 0.15) is 45.3 Å². The fourth-order valence-electron chi connectivity index (χ4n) is 3.25. The van der Waals surface area contributed by atoms with E-state index in [1.54, 1.807) is 44.5 Å². The van der Waals surface area contributed by atoms with Gasteiger partial charge in [-0.2, -0.15) is 0 Å². The van der Waals surface area contributed by atoms with E-state index in [0.717, 1.165) is 23.1 Å². The van der Waals surface area contributed by atoms with Crippen LogP contribution in [-0.2, 0) is 32.7 Å². The summed E-state index contributed by atoms with van der Waals surface area (Å²) < 4.78 is 17.3. The molecule has 3 aromatic rings. The molecule has 3 rings (SSSR count). The number of rotatable bonds is 13. The molecular weight excluding hydrogens is 546 g/mol. The Morgan fingerprint density at radius 2 is 1.69 bits per heavy atom. The number of carbonyl (C=O) groups is 4. The number of benzene rings is 1. The Hall–Kier alpha value is -3.91. The lowest BCUT2D eigenvalue weighted by Gasteiger charge is -2.08. The molecule has 0 bridgehead atoms. The molecule has 0 spiro atoms. The molecule has 2 heterocycles. The molecule has 2 amide bonds. The van der Waals surface area contributed by atoms with Crippen molar-refractivity contribution < 1.29 is 33.4 Å². The number of para-hydroxylation sites is 1. The monoisotopic (exact) mass is 575 g/mol. The first-order chi connectivity index (χ1) is 18.7. The van der Waals surface area contributed by atoms with Gasteiger partial charge in [-0.15, -0.1) is 21.5 Å². The maximum atomic E-state index is 12.7. The Morgan fingerprint density at radius 1 is 1.00 bits per heavy atom. The second-order valence-corrected chi connectivity index (χ2v) is 9.84. The molecule has 208 valence electrons. The Morgan fingerprint density at radius 3 is 2.38 bits per heavy atom. The number of thioether (sulfide) groups is 1. The summed E-state index contributed by atoms with van der Waals surface area (Å²) in [7, 11) is 1.72. The summed E-state index contributed by atoms with van der Waals surface area (Å²) in [6.45, 7) is 5.25. The van der Waals surface area contributed by atoms with E-state index >= 15 is 0 Å². The number of hydrogen-bond donors (Lipinski definition) is 2. The van der Waals surface area contributed by atoms with Gasteiger partial charge in [0.25, 0.3) is 5.91 Å². The predicted molar refractivity (Wildman–Crippen MR) is 145 cm³/mol. The first-order valence-electron chi connectivity index (χ1n) is 12.0. The van der Waals surface area contributed by atoms with Crippen LogP contribution in [0.25, 0.3) is 0 Å². The molecular formula is C25H29N5O7S2. The number of thiophene rings is 1. The van der Waals surface area contributed by atoms with Gasteiger partial charge in [0.1, 0.15) is 15.6 Å².